The summed E-state index contributed by atoms with van der Waals surface area (Å²) in [5.41, 5.74) is 0.580. The highest BCUT2D eigenvalue weighted by atomic mass is 32.1. The first-order valence-electron chi connectivity index (χ1n) is 7.14. The molecule has 1 saturated heterocycles. The molecule has 2 aromatic heterocycles. The van der Waals surface area contributed by atoms with Crippen LogP contribution in [0.3, 0.4) is 0 Å². The van der Waals surface area contributed by atoms with Gasteiger partial charge in [-0.2, -0.15) is 0 Å². The fourth-order valence-corrected chi connectivity index (χ4v) is 3.73. The number of nitrogens with zero attached hydrogens (tertiary/aromatic N) is 3. The Balaban J connectivity index is 1.94. The van der Waals surface area contributed by atoms with Crippen LogP contribution in [0.5, 0.6) is 0 Å². The molecular formula is C10H14N4O10P2S. The van der Waals surface area contributed by atoms with E-state index in [1.807, 2.05) is 0 Å². The van der Waals surface area contributed by atoms with Crippen LogP contribution in [0.4, 0.5) is 0 Å². The van der Waals surface area contributed by atoms with Gasteiger partial charge in [-0.15, -0.1) is 0 Å². The van der Waals surface area contributed by atoms with Crippen molar-refractivity contribution in [2.24, 2.45) is 0 Å². The van der Waals surface area contributed by atoms with Gasteiger partial charge in [0.25, 0.3) is 0 Å². The zero-order valence-corrected chi connectivity index (χ0v) is 15.7. The van der Waals surface area contributed by atoms with Gasteiger partial charge in [-0.25, -0.2) is 19.1 Å². The molecule has 4 atom stereocenters. The number of H-pyrrole nitrogens is 1. The average molecular weight is 444 g/mol. The highest BCUT2D eigenvalue weighted by Gasteiger charge is 2.49. The third-order valence-corrected chi connectivity index (χ3v) is 4.93. The molecule has 3 rings (SSSR count). The molecule has 0 aliphatic carbocycles. The van der Waals surface area contributed by atoms with E-state index in [1.54, 1.807) is 0 Å². The standard InChI is InChI=1S/C10H14N4O10P2S/c15-6-7(24-26(19,20)21)4(1-22-25(16,17)18)23-10(6)14-3-13-5-8(14)11-2-12-9(5)27/h2-4,6-7,10,15H,1H2,(H,11,12,27)(H2,16,17,18)(H2,19,20,21)/t4-,6-,7-,10-/m1/s1. The number of rotatable bonds is 6. The topological polar surface area (TPSA) is 209 Å². The van der Waals surface area contributed by atoms with E-state index < -0.39 is 46.8 Å². The first-order valence-corrected chi connectivity index (χ1v) is 10.6. The summed E-state index contributed by atoms with van der Waals surface area (Å²) in [6.45, 7) is -0.799. The molecule has 2 aromatic rings. The summed E-state index contributed by atoms with van der Waals surface area (Å²) in [7, 11) is -9.96. The average Bonchev–Trinajstić information content (AvgIpc) is 3.07. The van der Waals surface area contributed by atoms with Gasteiger partial charge in [0.2, 0.25) is 0 Å². The predicted octanol–water partition coefficient (Wildman–Crippen LogP) is -0.666. The maximum absolute atomic E-state index is 11.2. The van der Waals surface area contributed by atoms with E-state index in [0.29, 0.717) is 5.65 Å². The van der Waals surface area contributed by atoms with Crippen molar-refractivity contribution < 1.29 is 47.6 Å². The molecule has 1 aliphatic rings. The van der Waals surface area contributed by atoms with Crippen LogP contribution in [0.15, 0.2) is 12.7 Å². The Morgan fingerprint density at radius 2 is 1.96 bits per heavy atom. The van der Waals surface area contributed by atoms with Crippen LogP contribution in [0.2, 0.25) is 0 Å². The second-order valence-corrected chi connectivity index (χ2v) is 8.28. The van der Waals surface area contributed by atoms with Crippen LogP contribution in [0.25, 0.3) is 11.2 Å². The Morgan fingerprint density at radius 3 is 2.59 bits per heavy atom. The number of aromatic amines is 1. The number of hydrogen-bond acceptors (Lipinski definition) is 9. The lowest BCUT2D eigenvalue weighted by molar-refractivity contribution is -0.0502. The smallest absolute Gasteiger partial charge is 0.386 e. The van der Waals surface area contributed by atoms with Gasteiger partial charge in [-0.3, -0.25) is 13.6 Å². The Morgan fingerprint density at radius 1 is 1.26 bits per heavy atom. The molecule has 0 unspecified atom stereocenters. The minimum Gasteiger partial charge on any atom is -0.386 e. The lowest BCUT2D eigenvalue weighted by Gasteiger charge is -2.20. The molecule has 0 radical (unpaired) electrons. The Kier molecular flexibility index (Phi) is 5.65. The molecule has 17 heteroatoms. The van der Waals surface area contributed by atoms with Crippen LogP contribution in [-0.2, 0) is 22.9 Å². The number of phosphoric acid groups is 2. The number of aromatic nitrogens is 4. The number of fused-ring (bicyclic) bond motifs is 1. The predicted molar refractivity (Wildman–Crippen MR) is 87.5 cm³/mol. The summed E-state index contributed by atoms with van der Waals surface area (Å²) in [5.74, 6) is 0. The molecule has 0 bridgehead atoms. The summed E-state index contributed by atoms with van der Waals surface area (Å²) >= 11 is 5.03. The molecule has 14 nitrogen and oxygen atoms in total. The van der Waals surface area contributed by atoms with Gasteiger partial charge in [0.05, 0.1) is 19.3 Å². The van der Waals surface area contributed by atoms with E-state index in [1.165, 1.54) is 17.2 Å². The first-order chi connectivity index (χ1) is 12.5. The van der Waals surface area contributed by atoms with Crippen LogP contribution >= 0.6 is 27.9 Å². The van der Waals surface area contributed by atoms with Gasteiger partial charge < -0.3 is 34.4 Å². The zero-order valence-electron chi connectivity index (χ0n) is 13.1. The number of hydrogen-bond donors (Lipinski definition) is 6. The van der Waals surface area contributed by atoms with Crippen molar-refractivity contribution in [3.63, 3.8) is 0 Å². The van der Waals surface area contributed by atoms with Crippen LogP contribution in [-0.4, -0.2) is 69.1 Å². The summed E-state index contributed by atoms with van der Waals surface area (Å²) in [4.78, 5) is 46.4. The summed E-state index contributed by atoms with van der Waals surface area (Å²) in [6.07, 6.45) is -3.45. The fourth-order valence-electron chi connectivity index (χ4n) is 2.61. The molecule has 0 saturated carbocycles. The van der Waals surface area contributed by atoms with Crippen molar-refractivity contribution in [2.75, 3.05) is 6.61 Å². The van der Waals surface area contributed by atoms with E-state index in [2.05, 4.69) is 24.0 Å². The minimum absolute atomic E-state index is 0.166. The Bertz CT molecular complexity index is 984. The largest absolute Gasteiger partial charge is 0.470 e. The number of nitrogens with one attached hydrogen (secondary N) is 1. The van der Waals surface area contributed by atoms with Gasteiger partial charge >= 0.3 is 15.6 Å². The second kappa shape index (κ2) is 7.39. The monoisotopic (exact) mass is 444 g/mol. The number of ether oxygens (including phenoxy) is 1. The molecule has 0 spiro atoms. The summed E-state index contributed by atoms with van der Waals surface area (Å²) < 4.78 is 37.9. The molecule has 27 heavy (non-hydrogen) atoms. The molecular weight excluding hydrogens is 430 g/mol. The van der Waals surface area contributed by atoms with Crippen LogP contribution < -0.4 is 0 Å². The van der Waals surface area contributed by atoms with Crippen molar-refractivity contribution >= 4 is 39.0 Å². The third-order valence-electron chi connectivity index (χ3n) is 3.63. The lowest BCUT2D eigenvalue weighted by Crippen LogP contribution is -2.35. The lowest BCUT2D eigenvalue weighted by atomic mass is 10.1. The molecule has 0 aromatic carbocycles. The molecule has 1 fully saturated rings. The van der Waals surface area contributed by atoms with Crippen molar-refractivity contribution in [2.45, 2.75) is 24.5 Å². The third kappa shape index (κ3) is 4.67. The number of aliphatic hydroxyl groups is 1. The maximum Gasteiger partial charge on any atom is 0.470 e. The molecule has 3 heterocycles. The van der Waals surface area contributed by atoms with Gasteiger partial charge in [0.1, 0.15) is 29.5 Å². The van der Waals surface area contributed by atoms with E-state index in [-0.39, 0.29) is 10.2 Å². The SMILES string of the molecule is O=P(O)(O)OC[C@H]1O[C@@H](n2cnc3c(=S)nc[nH]c32)[C@H](O)[C@@H]1OP(=O)(O)O. The fraction of sp³-hybridized carbons (Fsp3) is 0.500. The summed E-state index contributed by atoms with van der Waals surface area (Å²) in [6, 6.07) is 0. The van der Waals surface area contributed by atoms with Crippen molar-refractivity contribution in [1.82, 2.24) is 19.5 Å². The van der Waals surface area contributed by atoms with E-state index >= 15 is 0 Å². The second-order valence-electron chi connectivity index (χ2n) is 5.46. The first kappa shape index (κ1) is 20.6. The molecule has 150 valence electrons. The maximum atomic E-state index is 11.2. The van der Waals surface area contributed by atoms with Gasteiger partial charge in [0, 0.05) is 0 Å². The van der Waals surface area contributed by atoms with Gasteiger partial charge in [-0.1, -0.05) is 12.2 Å². The Labute approximate surface area is 155 Å². The molecule has 6 N–H and O–H groups in total. The highest BCUT2D eigenvalue weighted by molar-refractivity contribution is 7.71. The van der Waals surface area contributed by atoms with Crippen LogP contribution in [0.1, 0.15) is 6.23 Å². The number of imidazole rings is 1. The van der Waals surface area contributed by atoms with Crippen molar-refractivity contribution in [3.8, 4) is 0 Å². The number of aliphatic hydroxyl groups excluding tert-OH is 1. The van der Waals surface area contributed by atoms with Gasteiger partial charge in [-0.05, 0) is 0 Å². The molecule has 0 amide bonds. The number of phosphoric ester groups is 2. The van der Waals surface area contributed by atoms with E-state index in [9.17, 15) is 14.2 Å². The summed E-state index contributed by atoms with van der Waals surface area (Å²) in [5, 5.41) is 10.5. The normalized spacial score (nSPS) is 26.7. The van der Waals surface area contributed by atoms with Crippen molar-refractivity contribution in [3.05, 3.63) is 17.3 Å². The van der Waals surface area contributed by atoms with Gasteiger partial charge in [0.15, 0.2) is 10.9 Å². The quantitative estimate of drug-likeness (QED) is 0.242. The molecule has 1 aliphatic heterocycles. The minimum atomic E-state index is -5.06. The van der Waals surface area contributed by atoms with Crippen LogP contribution in [0, 0.1) is 4.64 Å². The zero-order chi connectivity index (χ0) is 20.0. The Hall–Kier alpha value is -1.09. The van der Waals surface area contributed by atoms with E-state index in [4.69, 9.17) is 36.5 Å². The highest BCUT2D eigenvalue weighted by Crippen LogP contribution is 2.45. The van der Waals surface area contributed by atoms with Crippen molar-refractivity contribution in [1.29, 1.82) is 0 Å². The van der Waals surface area contributed by atoms with E-state index in [0.717, 1.165) is 0 Å².